The number of nitrogens with zero attached hydrogens (tertiary/aromatic N) is 7. The van der Waals surface area contributed by atoms with Crippen LogP contribution in [0.4, 0.5) is 0 Å². The van der Waals surface area contributed by atoms with E-state index in [-0.39, 0.29) is 5.41 Å². The minimum absolute atomic E-state index is 0.0659. The van der Waals surface area contributed by atoms with Crippen LogP contribution < -0.4 is 0 Å². The predicted molar refractivity (Wildman–Crippen MR) is 92.9 cm³/mol. The van der Waals surface area contributed by atoms with Gasteiger partial charge in [0.15, 0.2) is 5.65 Å². The highest BCUT2D eigenvalue weighted by Crippen LogP contribution is 2.29. The number of thiazole rings is 1. The van der Waals surface area contributed by atoms with E-state index in [4.69, 9.17) is 0 Å². The number of rotatable bonds is 1. The van der Waals surface area contributed by atoms with Gasteiger partial charge >= 0.3 is 0 Å². The first-order chi connectivity index (χ1) is 11.5. The molecule has 0 saturated carbocycles. The summed E-state index contributed by atoms with van der Waals surface area (Å²) < 4.78 is 7.15. The number of imidazole rings is 2. The van der Waals surface area contributed by atoms with Crippen LogP contribution in [0.1, 0.15) is 26.5 Å². The first-order valence-corrected chi connectivity index (χ1v) is 8.49. The maximum absolute atomic E-state index is 4.60. The van der Waals surface area contributed by atoms with Crippen LogP contribution in [-0.4, -0.2) is 33.5 Å². The monoisotopic (exact) mass is 337 g/mol. The average Bonchev–Trinajstić information content (AvgIpc) is 3.25. The normalized spacial score (nSPS) is 12.8. The van der Waals surface area contributed by atoms with E-state index >= 15 is 0 Å². The molecule has 0 atom stereocenters. The Kier molecular flexibility index (Phi) is 2.52. The van der Waals surface area contributed by atoms with Crippen LogP contribution in [0.2, 0.25) is 0 Å². The zero-order valence-corrected chi connectivity index (χ0v) is 14.3. The molecular formula is C16H15N7S. The Hall–Kier alpha value is -2.74. The molecule has 5 aromatic heterocycles. The third kappa shape index (κ3) is 1.71. The first kappa shape index (κ1) is 13.7. The molecule has 5 rings (SSSR count). The third-order valence-corrected chi connectivity index (χ3v) is 5.06. The Labute approximate surface area is 141 Å². The second-order valence-electron chi connectivity index (χ2n) is 6.79. The molecule has 0 bridgehead atoms. The number of fused-ring (bicyclic) bond motifs is 4. The molecule has 0 N–H and O–H groups in total. The van der Waals surface area contributed by atoms with E-state index in [0.717, 1.165) is 32.6 Å². The molecular weight excluding hydrogens is 322 g/mol. The van der Waals surface area contributed by atoms with E-state index in [9.17, 15) is 0 Å². The van der Waals surface area contributed by atoms with Crippen LogP contribution in [-0.2, 0) is 5.41 Å². The minimum atomic E-state index is -0.0659. The summed E-state index contributed by atoms with van der Waals surface area (Å²) in [7, 11) is 0. The van der Waals surface area contributed by atoms with E-state index in [2.05, 4.69) is 47.0 Å². The van der Waals surface area contributed by atoms with Gasteiger partial charge in [0.25, 0.3) is 0 Å². The lowest BCUT2D eigenvalue weighted by atomic mass is 9.92. The van der Waals surface area contributed by atoms with Crippen molar-refractivity contribution < 1.29 is 0 Å². The SMILES string of the molecule is CC(C)(C)c1ncn2ccn(-c3nnc4sc5cccnc5n34)c12. The highest BCUT2D eigenvalue weighted by Gasteiger charge is 2.24. The Balaban J connectivity index is 1.88. The van der Waals surface area contributed by atoms with Crippen molar-refractivity contribution in [2.24, 2.45) is 0 Å². The maximum atomic E-state index is 4.60. The summed E-state index contributed by atoms with van der Waals surface area (Å²) in [6.45, 7) is 6.48. The zero-order valence-electron chi connectivity index (χ0n) is 13.5. The Bertz CT molecular complexity index is 1200. The lowest BCUT2D eigenvalue weighted by Crippen LogP contribution is -2.14. The van der Waals surface area contributed by atoms with E-state index in [1.807, 2.05) is 38.2 Å². The molecule has 0 aliphatic rings. The molecule has 5 aromatic rings. The van der Waals surface area contributed by atoms with E-state index in [1.165, 1.54) is 0 Å². The molecule has 7 nitrogen and oxygen atoms in total. The summed E-state index contributed by atoms with van der Waals surface area (Å²) in [5.74, 6) is 0.732. The van der Waals surface area contributed by atoms with Gasteiger partial charge < -0.3 is 0 Å². The molecule has 24 heavy (non-hydrogen) atoms. The second kappa shape index (κ2) is 4.41. The summed E-state index contributed by atoms with van der Waals surface area (Å²) in [6, 6.07) is 3.99. The molecule has 0 aliphatic carbocycles. The summed E-state index contributed by atoms with van der Waals surface area (Å²) in [5.41, 5.74) is 2.84. The van der Waals surface area contributed by atoms with E-state index < -0.39 is 0 Å². The molecule has 5 heterocycles. The van der Waals surface area contributed by atoms with Crippen LogP contribution in [0.25, 0.3) is 26.9 Å². The molecule has 120 valence electrons. The van der Waals surface area contributed by atoms with Crippen LogP contribution >= 0.6 is 11.3 Å². The second-order valence-corrected chi connectivity index (χ2v) is 7.80. The highest BCUT2D eigenvalue weighted by molar-refractivity contribution is 7.23. The first-order valence-electron chi connectivity index (χ1n) is 7.67. The molecule has 8 heteroatoms. The van der Waals surface area contributed by atoms with Crippen molar-refractivity contribution in [1.82, 2.24) is 33.5 Å². The molecule has 0 fully saturated rings. The van der Waals surface area contributed by atoms with Gasteiger partial charge in [-0.15, -0.1) is 10.2 Å². The predicted octanol–water partition coefficient (Wildman–Crippen LogP) is 3.07. The molecule has 0 aliphatic heterocycles. The largest absolute Gasteiger partial charge is 0.290 e. The van der Waals surface area contributed by atoms with Gasteiger partial charge in [-0.1, -0.05) is 32.1 Å². The fraction of sp³-hybridized carbons (Fsp3) is 0.250. The van der Waals surface area contributed by atoms with Crippen molar-refractivity contribution >= 4 is 32.3 Å². The molecule has 0 amide bonds. The number of pyridine rings is 1. The molecule has 0 aromatic carbocycles. The smallest absolute Gasteiger partial charge is 0.244 e. The summed E-state index contributed by atoms with van der Waals surface area (Å²) in [5, 5.41) is 8.74. The van der Waals surface area contributed by atoms with Crippen molar-refractivity contribution in [3.63, 3.8) is 0 Å². The average molecular weight is 337 g/mol. The number of aromatic nitrogens is 7. The van der Waals surface area contributed by atoms with Crippen LogP contribution in [0.15, 0.2) is 37.1 Å². The molecule has 0 radical (unpaired) electrons. The number of hydrogen-bond acceptors (Lipinski definition) is 5. The van der Waals surface area contributed by atoms with Crippen molar-refractivity contribution in [2.75, 3.05) is 0 Å². The van der Waals surface area contributed by atoms with Crippen LogP contribution in [0, 0.1) is 0 Å². The van der Waals surface area contributed by atoms with Gasteiger partial charge in [-0.25, -0.2) is 14.4 Å². The summed E-state index contributed by atoms with van der Waals surface area (Å²) >= 11 is 1.59. The Morgan fingerprint density at radius 1 is 1.08 bits per heavy atom. The standard InChI is InChI=1S/C16H15N7S/c1-16(2,3)11-13-21(9-18-11)7-8-22(13)14-19-20-15-23(14)12-10(24-15)5-4-6-17-12/h4-9H,1-3H3. The lowest BCUT2D eigenvalue weighted by Gasteiger charge is -2.16. The fourth-order valence-electron chi connectivity index (χ4n) is 3.00. The topological polar surface area (TPSA) is 65.3 Å². The van der Waals surface area contributed by atoms with E-state index in [1.54, 1.807) is 17.5 Å². The van der Waals surface area contributed by atoms with Crippen LogP contribution in [0.5, 0.6) is 0 Å². The quantitative estimate of drug-likeness (QED) is 0.471. The van der Waals surface area contributed by atoms with Gasteiger partial charge in [0, 0.05) is 24.0 Å². The van der Waals surface area contributed by atoms with Gasteiger partial charge in [0.05, 0.1) is 10.4 Å². The van der Waals surface area contributed by atoms with E-state index in [0.29, 0.717) is 0 Å². The fourth-order valence-corrected chi connectivity index (χ4v) is 3.92. The van der Waals surface area contributed by atoms with Gasteiger partial charge in [-0.2, -0.15) is 0 Å². The third-order valence-electron chi connectivity index (χ3n) is 4.08. The Morgan fingerprint density at radius 3 is 2.79 bits per heavy atom. The zero-order chi connectivity index (χ0) is 16.5. The molecule has 0 spiro atoms. The van der Waals surface area contributed by atoms with Gasteiger partial charge in [0.2, 0.25) is 10.9 Å². The van der Waals surface area contributed by atoms with Gasteiger partial charge in [0.1, 0.15) is 12.0 Å². The lowest BCUT2D eigenvalue weighted by molar-refractivity contribution is 0.575. The molecule has 0 saturated heterocycles. The van der Waals surface area contributed by atoms with Gasteiger partial charge in [-0.05, 0) is 12.1 Å². The summed E-state index contributed by atoms with van der Waals surface area (Å²) in [6.07, 6.45) is 7.62. The highest BCUT2D eigenvalue weighted by atomic mass is 32.1. The van der Waals surface area contributed by atoms with Gasteiger partial charge in [-0.3, -0.25) is 8.97 Å². The Morgan fingerprint density at radius 2 is 1.96 bits per heavy atom. The van der Waals surface area contributed by atoms with Crippen molar-refractivity contribution in [3.8, 4) is 5.95 Å². The maximum Gasteiger partial charge on any atom is 0.244 e. The minimum Gasteiger partial charge on any atom is -0.290 e. The van der Waals surface area contributed by atoms with Crippen LogP contribution in [0.3, 0.4) is 0 Å². The number of hydrogen-bond donors (Lipinski definition) is 0. The summed E-state index contributed by atoms with van der Waals surface area (Å²) in [4.78, 5) is 9.94. The van der Waals surface area contributed by atoms with Crippen molar-refractivity contribution in [3.05, 3.63) is 42.7 Å². The molecule has 0 unspecified atom stereocenters. The van der Waals surface area contributed by atoms with Crippen molar-refractivity contribution in [2.45, 2.75) is 26.2 Å². The van der Waals surface area contributed by atoms with Crippen molar-refractivity contribution in [1.29, 1.82) is 0 Å².